The average Bonchev–Trinajstić information content (AvgIpc) is 3.28. The Bertz CT molecular complexity index is 785. The third kappa shape index (κ3) is 4.92. The van der Waals surface area contributed by atoms with Crippen molar-refractivity contribution < 1.29 is 4.74 Å². The summed E-state index contributed by atoms with van der Waals surface area (Å²) >= 11 is 1.81. The molecule has 2 unspecified atom stereocenters. The molecule has 0 amide bonds. The van der Waals surface area contributed by atoms with Gasteiger partial charge in [-0.2, -0.15) is 5.10 Å². The lowest BCUT2D eigenvalue weighted by atomic mass is 10.1. The lowest BCUT2D eigenvalue weighted by Crippen LogP contribution is -2.48. The van der Waals surface area contributed by atoms with Crippen molar-refractivity contribution in [3.63, 3.8) is 0 Å². The van der Waals surface area contributed by atoms with E-state index in [2.05, 4.69) is 57.0 Å². The second-order valence-corrected chi connectivity index (χ2v) is 8.27. The van der Waals surface area contributed by atoms with Gasteiger partial charge < -0.3 is 15.4 Å². The highest BCUT2D eigenvalue weighted by Crippen LogP contribution is 2.26. The number of nitrogens with zero attached hydrogens (tertiary/aromatic N) is 4. The largest absolute Gasteiger partial charge is 0.376 e. The Balaban J connectivity index is 1.62. The molecule has 3 heterocycles. The summed E-state index contributed by atoms with van der Waals surface area (Å²) in [4.78, 5) is 8.29. The maximum absolute atomic E-state index is 5.73. The summed E-state index contributed by atoms with van der Waals surface area (Å²) in [5.74, 6) is 0.811. The zero-order valence-corrected chi connectivity index (χ0v) is 18.3. The number of nitrogens with one attached hydrogen (secondary N) is 2. The van der Waals surface area contributed by atoms with Crippen LogP contribution in [0.2, 0.25) is 0 Å². The van der Waals surface area contributed by atoms with Crippen LogP contribution in [-0.4, -0.2) is 60.0 Å². The molecular formula is C20H32N6OS. The molecule has 7 nitrogen and oxygen atoms in total. The first-order chi connectivity index (χ1) is 13.5. The topological polar surface area (TPSA) is 66.7 Å². The van der Waals surface area contributed by atoms with Crippen molar-refractivity contribution in [2.45, 2.75) is 39.5 Å². The van der Waals surface area contributed by atoms with Crippen LogP contribution in [0.25, 0.3) is 0 Å². The van der Waals surface area contributed by atoms with E-state index in [0.29, 0.717) is 12.6 Å². The highest BCUT2D eigenvalue weighted by molar-refractivity contribution is 7.10. The summed E-state index contributed by atoms with van der Waals surface area (Å²) in [5.41, 5.74) is 3.46. The third-order valence-electron chi connectivity index (χ3n) is 5.36. The number of rotatable bonds is 6. The summed E-state index contributed by atoms with van der Waals surface area (Å²) in [6.07, 6.45) is 0.269. The maximum atomic E-state index is 5.73. The van der Waals surface area contributed by atoms with Gasteiger partial charge in [0.05, 0.1) is 24.4 Å². The van der Waals surface area contributed by atoms with Gasteiger partial charge in [0.2, 0.25) is 0 Å². The molecule has 0 spiro atoms. The van der Waals surface area contributed by atoms with Crippen LogP contribution in [0, 0.1) is 13.8 Å². The van der Waals surface area contributed by atoms with E-state index in [-0.39, 0.29) is 6.10 Å². The third-order valence-corrected chi connectivity index (χ3v) is 6.34. The molecule has 1 aliphatic heterocycles. The van der Waals surface area contributed by atoms with Gasteiger partial charge in [-0.15, -0.1) is 11.3 Å². The van der Waals surface area contributed by atoms with E-state index >= 15 is 0 Å². The normalized spacial score (nSPS) is 19.6. The van der Waals surface area contributed by atoms with Crippen LogP contribution in [0.3, 0.4) is 0 Å². The molecule has 154 valence electrons. The van der Waals surface area contributed by atoms with Gasteiger partial charge in [-0.25, -0.2) is 0 Å². The van der Waals surface area contributed by atoms with E-state index in [1.165, 1.54) is 16.1 Å². The highest BCUT2D eigenvalue weighted by atomic mass is 32.1. The molecule has 2 atom stereocenters. The Kier molecular flexibility index (Phi) is 7.09. The van der Waals surface area contributed by atoms with Gasteiger partial charge in [0.1, 0.15) is 0 Å². The number of hydrogen-bond donors (Lipinski definition) is 2. The van der Waals surface area contributed by atoms with E-state index < -0.39 is 0 Å². The molecule has 8 heteroatoms. The van der Waals surface area contributed by atoms with Gasteiger partial charge in [0, 0.05) is 56.4 Å². The molecule has 2 aromatic rings. The van der Waals surface area contributed by atoms with Gasteiger partial charge >= 0.3 is 0 Å². The van der Waals surface area contributed by atoms with E-state index in [1.54, 1.807) is 0 Å². The number of aryl methyl sites for hydroxylation is 2. The Morgan fingerprint density at radius 2 is 2.25 bits per heavy atom. The highest BCUT2D eigenvalue weighted by Gasteiger charge is 2.26. The first-order valence-corrected chi connectivity index (χ1v) is 10.7. The number of ether oxygens (including phenoxy) is 1. The smallest absolute Gasteiger partial charge is 0.191 e. The van der Waals surface area contributed by atoms with Crippen molar-refractivity contribution >= 4 is 17.3 Å². The second kappa shape index (κ2) is 9.54. The van der Waals surface area contributed by atoms with Crippen molar-refractivity contribution in [1.82, 2.24) is 25.3 Å². The minimum absolute atomic E-state index is 0.269. The van der Waals surface area contributed by atoms with Gasteiger partial charge in [-0.1, -0.05) is 6.07 Å². The lowest BCUT2D eigenvalue weighted by molar-refractivity contribution is -0.0334. The molecule has 0 bridgehead atoms. The molecule has 0 saturated carbocycles. The van der Waals surface area contributed by atoms with Crippen LogP contribution >= 0.6 is 11.3 Å². The Labute approximate surface area is 171 Å². The van der Waals surface area contributed by atoms with Crippen LogP contribution in [0.4, 0.5) is 0 Å². The Morgan fingerprint density at radius 3 is 2.86 bits per heavy atom. The standard InChI is InChI=1S/C20H32N6OS/c1-14-13-26(8-9-27-14)18(19-7-6-10-28-19)12-23-20(21-4)22-11-17-15(2)24-25(5)16(17)3/h6-7,10,14,18H,8-9,11-13H2,1-5H3,(H2,21,22,23). The number of morpholine rings is 1. The molecular weight excluding hydrogens is 372 g/mol. The van der Waals surface area contributed by atoms with Crippen molar-refractivity contribution in [2.24, 2.45) is 12.0 Å². The summed E-state index contributed by atoms with van der Waals surface area (Å²) in [5, 5.41) is 13.6. The molecule has 0 aromatic carbocycles. The van der Waals surface area contributed by atoms with E-state index in [4.69, 9.17) is 4.74 Å². The number of hydrogen-bond acceptors (Lipinski definition) is 5. The predicted molar refractivity (Wildman–Crippen MR) is 115 cm³/mol. The first kappa shape index (κ1) is 20.8. The summed E-state index contributed by atoms with van der Waals surface area (Å²) in [6, 6.07) is 4.65. The van der Waals surface area contributed by atoms with Crippen molar-refractivity contribution in [3.05, 3.63) is 39.3 Å². The molecule has 0 radical (unpaired) electrons. The molecule has 2 aromatic heterocycles. The van der Waals surface area contributed by atoms with Gasteiger partial charge in [0.15, 0.2) is 5.96 Å². The lowest BCUT2D eigenvalue weighted by Gasteiger charge is -2.37. The van der Waals surface area contributed by atoms with Crippen LogP contribution in [-0.2, 0) is 18.3 Å². The maximum Gasteiger partial charge on any atom is 0.191 e. The quantitative estimate of drug-likeness (QED) is 0.571. The monoisotopic (exact) mass is 404 g/mol. The molecule has 1 fully saturated rings. The van der Waals surface area contributed by atoms with Gasteiger partial charge in [0.25, 0.3) is 0 Å². The molecule has 2 N–H and O–H groups in total. The van der Waals surface area contributed by atoms with Crippen LogP contribution in [0.1, 0.15) is 34.8 Å². The molecule has 3 rings (SSSR count). The van der Waals surface area contributed by atoms with Crippen molar-refractivity contribution in [2.75, 3.05) is 33.3 Å². The van der Waals surface area contributed by atoms with Gasteiger partial charge in [-0.3, -0.25) is 14.6 Å². The zero-order chi connectivity index (χ0) is 20.1. The fourth-order valence-electron chi connectivity index (χ4n) is 3.68. The van der Waals surface area contributed by atoms with Crippen LogP contribution < -0.4 is 10.6 Å². The van der Waals surface area contributed by atoms with Crippen LogP contribution in [0.5, 0.6) is 0 Å². The zero-order valence-electron chi connectivity index (χ0n) is 17.5. The van der Waals surface area contributed by atoms with Crippen LogP contribution in [0.15, 0.2) is 22.5 Å². The fraction of sp³-hybridized carbons (Fsp3) is 0.600. The Hall–Kier alpha value is -1.90. The van der Waals surface area contributed by atoms with Gasteiger partial charge in [-0.05, 0) is 32.2 Å². The van der Waals surface area contributed by atoms with E-state index in [9.17, 15) is 0 Å². The molecule has 0 aliphatic carbocycles. The molecule has 1 aliphatic rings. The fourth-order valence-corrected chi connectivity index (χ4v) is 4.54. The molecule has 1 saturated heterocycles. The minimum atomic E-state index is 0.269. The summed E-state index contributed by atoms with van der Waals surface area (Å²) in [6.45, 7) is 10.5. The minimum Gasteiger partial charge on any atom is -0.376 e. The Morgan fingerprint density at radius 1 is 1.43 bits per heavy atom. The van der Waals surface area contributed by atoms with Crippen molar-refractivity contribution in [3.8, 4) is 0 Å². The SMILES string of the molecule is CN=C(NCc1c(C)nn(C)c1C)NCC(c1cccs1)N1CCOC(C)C1. The van der Waals surface area contributed by atoms with E-state index in [0.717, 1.165) is 37.9 Å². The summed E-state index contributed by atoms with van der Waals surface area (Å²) < 4.78 is 7.66. The van der Waals surface area contributed by atoms with E-state index in [1.807, 2.05) is 37.0 Å². The molecule has 28 heavy (non-hydrogen) atoms. The van der Waals surface area contributed by atoms with Crippen molar-refractivity contribution in [1.29, 1.82) is 0 Å². The first-order valence-electron chi connectivity index (χ1n) is 9.82. The number of aromatic nitrogens is 2. The average molecular weight is 405 g/mol. The predicted octanol–water partition coefficient (Wildman–Crippen LogP) is 2.23. The number of guanidine groups is 1. The number of aliphatic imine (C=N–C) groups is 1. The summed E-state index contributed by atoms with van der Waals surface area (Å²) in [7, 11) is 3.79. The number of thiophene rings is 1. The second-order valence-electron chi connectivity index (χ2n) is 7.29.